The zero-order valence-electron chi connectivity index (χ0n) is 6.25. The number of rotatable bonds is 1. The molecule has 0 bridgehead atoms. The first-order valence-electron chi connectivity index (χ1n) is 3.23. The van der Waals surface area contributed by atoms with Crippen molar-refractivity contribution in [3.8, 4) is 0 Å². The molecule has 0 atom stereocenters. The Bertz CT molecular complexity index is 401. The molecule has 1 rings (SSSR count). The van der Waals surface area contributed by atoms with E-state index in [9.17, 15) is 9.18 Å². The number of nitrogens with zero attached hydrogens (tertiary/aromatic N) is 1. The average molecular weight is 216 g/mol. The molecule has 2 nitrogen and oxygen atoms in total. The lowest BCUT2D eigenvalue weighted by molar-refractivity contribution is 0.1000. The molecule has 0 aliphatic rings. The number of amides is 1. The Morgan fingerprint density at radius 1 is 1.62 bits per heavy atom. The van der Waals surface area contributed by atoms with Crippen LogP contribution >= 0.6 is 23.8 Å². The van der Waals surface area contributed by atoms with Crippen LogP contribution in [0.25, 0.3) is 0 Å². The molecule has 0 unspecified atom stereocenters. The summed E-state index contributed by atoms with van der Waals surface area (Å²) in [6, 6.07) is 4.08. The molecule has 0 saturated carbocycles. The van der Waals surface area contributed by atoms with E-state index in [0.29, 0.717) is 0 Å². The number of thiocarbonyl (C=S) groups is 1. The molecule has 66 valence electrons. The summed E-state index contributed by atoms with van der Waals surface area (Å²) < 4.78 is 13.1. The summed E-state index contributed by atoms with van der Waals surface area (Å²) >= 11 is 9.65. The molecule has 5 heteroatoms. The highest BCUT2D eigenvalue weighted by atomic mass is 35.5. The summed E-state index contributed by atoms with van der Waals surface area (Å²) in [5.74, 6) is -1.57. The molecule has 0 N–H and O–H groups in total. The van der Waals surface area contributed by atoms with E-state index < -0.39 is 11.7 Å². The molecule has 0 aromatic heterocycles. The van der Waals surface area contributed by atoms with Crippen molar-refractivity contribution < 1.29 is 9.18 Å². The van der Waals surface area contributed by atoms with Gasteiger partial charge in [0.25, 0.3) is 5.91 Å². The van der Waals surface area contributed by atoms with Gasteiger partial charge in [0.05, 0.1) is 15.7 Å². The van der Waals surface area contributed by atoms with Gasteiger partial charge in [-0.2, -0.15) is 4.99 Å². The maximum absolute atomic E-state index is 13.1. The average Bonchev–Trinajstić information content (AvgIpc) is 2.10. The van der Waals surface area contributed by atoms with E-state index >= 15 is 0 Å². The van der Waals surface area contributed by atoms with Crippen LogP contribution in [0.2, 0.25) is 5.02 Å². The van der Waals surface area contributed by atoms with E-state index in [0.717, 1.165) is 0 Å². The van der Waals surface area contributed by atoms with Crippen LogP contribution in [0.1, 0.15) is 10.4 Å². The lowest BCUT2D eigenvalue weighted by Crippen LogP contribution is -1.98. The van der Waals surface area contributed by atoms with Gasteiger partial charge in [-0.05, 0) is 24.4 Å². The summed E-state index contributed by atoms with van der Waals surface area (Å²) in [5.41, 5.74) is -0.204. The van der Waals surface area contributed by atoms with Crippen LogP contribution in [-0.2, 0) is 0 Å². The number of aliphatic imine (C=N–C) groups is 1. The highest BCUT2D eigenvalue weighted by Crippen LogP contribution is 2.18. The summed E-state index contributed by atoms with van der Waals surface area (Å²) in [6.45, 7) is 0. The smallest absolute Gasteiger partial charge is 0.266 e. The molecular weight excluding hydrogens is 213 g/mol. The minimum absolute atomic E-state index is 0.120. The van der Waals surface area contributed by atoms with Crippen molar-refractivity contribution >= 4 is 34.9 Å². The number of carbonyl (C=O) groups excluding carboxylic acids is 1. The number of carbonyl (C=O) groups is 1. The first-order chi connectivity index (χ1) is 6.16. The van der Waals surface area contributed by atoms with Crippen molar-refractivity contribution in [2.75, 3.05) is 0 Å². The molecule has 1 aromatic carbocycles. The van der Waals surface area contributed by atoms with Crippen LogP contribution in [0.5, 0.6) is 0 Å². The maximum atomic E-state index is 13.1. The predicted octanol–water partition coefficient (Wildman–Crippen LogP) is 2.72. The van der Waals surface area contributed by atoms with Crippen LogP contribution in [0.15, 0.2) is 23.2 Å². The minimum Gasteiger partial charge on any atom is -0.266 e. The largest absolute Gasteiger partial charge is 0.288 e. The van der Waals surface area contributed by atoms with Gasteiger partial charge >= 0.3 is 0 Å². The van der Waals surface area contributed by atoms with E-state index in [4.69, 9.17) is 11.6 Å². The molecule has 0 radical (unpaired) electrons. The van der Waals surface area contributed by atoms with Crippen LogP contribution in [0.3, 0.4) is 0 Å². The molecule has 13 heavy (non-hydrogen) atoms. The topological polar surface area (TPSA) is 29.4 Å². The van der Waals surface area contributed by atoms with Gasteiger partial charge in [-0.15, -0.1) is 0 Å². The molecule has 0 aliphatic heterocycles. The normalized spacial score (nSPS) is 9.08. The van der Waals surface area contributed by atoms with Gasteiger partial charge in [0.2, 0.25) is 0 Å². The van der Waals surface area contributed by atoms with Crippen molar-refractivity contribution in [3.05, 3.63) is 34.6 Å². The number of hydrogen-bond donors (Lipinski definition) is 0. The Balaban J connectivity index is 3.22. The van der Waals surface area contributed by atoms with Crippen molar-refractivity contribution in [2.45, 2.75) is 0 Å². The maximum Gasteiger partial charge on any atom is 0.288 e. The van der Waals surface area contributed by atoms with E-state index in [2.05, 4.69) is 17.2 Å². The van der Waals surface area contributed by atoms with Gasteiger partial charge in [-0.25, -0.2) is 4.39 Å². The summed E-state index contributed by atoms with van der Waals surface area (Å²) in [4.78, 5) is 14.1. The quantitative estimate of drug-likeness (QED) is 0.533. The monoisotopic (exact) mass is 215 g/mol. The molecule has 0 aliphatic carbocycles. The zero-order chi connectivity index (χ0) is 9.84. The van der Waals surface area contributed by atoms with Crippen molar-refractivity contribution in [3.63, 3.8) is 0 Å². The molecule has 0 saturated heterocycles. The highest BCUT2D eigenvalue weighted by Gasteiger charge is 2.12. The van der Waals surface area contributed by atoms with Gasteiger partial charge in [0.15, 0.2) is 5.82 Å². The highest BCUT2D eigenvalue weighted by molar-refractivity contribution is 7.78. The Kier molecular flexibility index (Phi) is 3.25. The fourth-order valence-electron chi connectivity index (χ4n) is 0.771. The van der Waals surface area contributed by atoms with Crippen LogP contribution < -0.4 is 0 Å². The Labute approximate surface area is 84.0 Å². The standard InChI is InChI=1S/C8H3ClFNOS/c9-6-3-1-2-5(7(6)10)8(12)11-4-13/h1-3H. The Morgan fingerprint density at radius 3 is 2.92 bits per heavy atom. The van der Waals surface area contributed by atoms with Gasteiger partial charge in [0, 0.05) is 0 Å². The number of halogens is 2. The Morgan fingerprint density at radius 2 is 2.31 bits per heavy atom. The van der Waals surface area contributed by atoms with E-state index in [-0.39, 0.29) is 10.6 Å². The fourth-order valence-corrected chi connectivity index (χ4v) is 1.03. The summed E-state index contributed by atoms with van der Waals surface area (Å²) in [7, 11) is 0. The summed E-state index contributed by atoms with van der Waals surface area (Å²) in [5, 5.41) is 1.74. The van der Waals surface area contributed by atoms with Crippen LogP contribution in [0, 0.1) is 5.82 Å². The molecule has 0 spiro atoms. The second-order valence-corrected chi connectivity index (χ2v) is 2.70. The first kappa shape index (κ1) is 9.99. The second kappa shape index (κ2) is 4.23. The molecule has 0 heterocycles. The Hall–Kier alpha value is -1.09. The third-order valence-corrected chi connectivity index (χ3v) is 1.71. The lowest BCUT2D eigenvalue weighted by Gasteiger charge is -1.97. The van der Waals surface area contributed by atoms with E-state index in [1.54, 1.807) is 0 Å². The van der Waals surface area contributed by atoms with Crippen molar-refractivity contribution in [2.24, 2.45) is 4.99 Å². The van der Waals surface area contributed by atoms with E-state index in [1.807, 2.05) is 5.16 Å². The lowest BCUT2D eigenvalue weighted by atomic mass is 10.2. The van der Waals surface area contributed by atoms with Crippen LogP contribution in [0.4, 0.5) is 4.39 Å². The minimum atomic E-state index is -0.789. The summed E-state index contributed by atoms with van der Waals surface area (Å²) in [6.07, 6.45) is 0. The fraction of sp³-hybridized carbons (Fsp3) is 0. The number of isothiocyanates is 1. The van der Waals surface area contributed by atoms with Gasteiger partial charge in [-0.3, -0.25) is 4.79 Å². The molecular formula is C8H3ClFNOS. The SMILES string of the molecule is O=C(N=C=S)c1cccc(Cl)c1F. The van der Waals surface area contributed by atoms with Gasteiger partial charge < -0.3 is 0 Å². The number of benzene rings is 1. The predicted molar refractivity (Wildman–Crippen MR) is 50.8 cm³/mol. The van der Waals surface area contributed by atoms with E-state index in [1.165, 1.54) is 18.2 Å². The second-order valence-electron chi connectivity index (χ2n) is 2.11. The zero-order valence-corrected chi connectivity index (χ0v) is 7.82. The third kappa shape index (κ3) is 2.18. The van der Waals surface area contributed by atoms with Gasteiger partial charge in [-0.1, -0.05) is 17.7 Å². The van der Waals surface area contributed by atoms with Crippen LogP contribution in [-0.4, -0.2) is 11.1 Å². The van der Waals surface area contributed by atoms with Crippen molar-refractivity contribution in [1.82, 2.24) is 0 Å². The number of hydrogen-bond acceptors (Lipinski definition) is 2. The first-order valence-corrected chi connectivity index (χ1v) is 4.01. The van der Waals surface area contributed by atoms with Gasteiger partial charge in [0.1, 0.15) is 0 Å². The molecule has 1 amide bonds. The molecule has 0 fully saturated rings. The van der Waals surface area contributed by atoms with Crippen molar-refractivity contribution in [1.29, 1.82) is 0 Å². The third-order valence-electron chi connectivity index (χ3n) is 1.33. The molecule has 1 aromatic rings.